The van der Waals surface area contributed by atoms with Gasteiger partial charge in [0.25, 0.3) is 0 Å². The van der Waals surface area contributed by atoms with Gasteiger partial charge in [0.1, 0.15) is 12.4 Å². The van der Waals surface area contributed by atoms with Crippen LogP contribution in [-0.2, 0) is 18.8 Å². The fourth-order valence-corrected chi connectivity index (χ4v) is 8.86. The number of methoxy groups -OCH3 is 1. The van der Waals surface area contributed by atoms with Gasteiger partial charge in [-0.2, -0.15) is 0 Å². The van der Waals surface area contributed by atoms with E-state index in [9.17, 15) is 9.59 Å². The number of ether oxygens (including phenoxy) is 1. The van der Waals surface area contributed by atoms with Crippen LogP contribution in [0.3, 0.4) is 0 Å². The van der Waals surface area contributed by atoms with Gasteiger partial charge >= 0.3 is 0 Å². The number of allylic oxidation sites excluding steroid dienone is 1. The Morgan fingerprint density at radius 1 is 1.21 bits per heavy atom. The van der Waals surface area contributed by atoms with E-state index in [4.69, 9.17) is 9.16 Å². The molecule has 0 aromatic rings. The molecule has 4 aliphatic rings. The molecule has 0 spiro atoms. The molecule has 0 heterocycles. The molecule has 4 saturated carbocycles. The second-order valence-corrected chi connectivity index (χ2v) is 18.2. The van der Waals surface area contributed by atoms with E-state index in [1.165, 1.54) is 18.4 Å². The normalized spacial score (nSPS) is 41.6. The lowest BCUT2D eigenvalue weighted by atomic mass is 9.61. The van der Waals surface area contributed by atoms with Crippen LogP contribution in [0.4, 0.5) is 0 Å². The minimum atomic E-state index is -2.00. The maximum Gasteiger partial charge on any atom is 0.193 e. The SMILES string of the molecule is CO[C@H](/C=C1\CCC[C@]2(C)[C@@H]([C@H](C)C=O)CC[C@@H]12)[C@]12C[C@H]1C[C@H](O[Si](C)(C)C(C)(C)C)C2=O. The molecule has 4 fully saturated rings. The average molecular weight is 475 g/mol. The van der Waals surface area contributed by atoms with E-state index in [1.807, 2.05) is 0 Å². The Hall–Kier alpha value is -0.783. The maximum absolute atomic E-state index is 13.7. The molecule has 0 aliphatic heterocycles. The van der Waals surface area contributed by atoms with Gasteiger partial charge in [0.2, 0.25) is 0 Å². The summed E-state index contributed by atoms with van der Waals surface area (Å²) in [7, 11) is -0.224. The van der Waals surface area contributed by atoms with Gasteiger partial charge in [-0.25, -0.2) is 0 Å². The van der Waals surface area contributed by atoms with E-state index in [0.29, 0.717) is 23.5 Å². The van der Waals surface area contributed by atoms with Gasteiger partial charge in [-0.05, 0) is 86.2 Å². The van der Waals surface area contributed by atoms with Gasteiger partial charge in [-0.15, -0.1) is 0 Å². The summed E-state index contributed by atoms with van der Waals surface area (Å²) in [6.45, 7) is 15.7. The molecule has 0 radical (unpaired) electrons. The van der Waals surface area contributed by atoms with Crippen LogP contribution in [0.25, 0.3) is 0 Å². The summed E-state index contributed by atoms with van der Waals surface area (Å²) in [4.78, 5) is 25.3. The van der Waals surface area contributed by atoms with Crippen LogP contribution in [-0.4, -0.2) is 39.7 Å². The molecule has 0 saturated heterocycles. The smallest absolute Gasteiger partial charge is 0.193 e. The highest BCUT2D eigenvalue weighted by molar-refractivity contribution is 6.74. The van der Waals surface area contributed by atoms with Crippen molar-refractivity contribution in [2.75, 3.05) is 7.11 Å². The highest BCUT2D eigenvalue weighted by atomic mass is 28.4. The average Bonchev–Trinajstić information content (AvgIpc) is 3.24. The molecule has 0 aromatic carbocycles. The van der Waals surface area contributed by atoms with Crippen molar-refractivity contribution in [2.24, 2.45) is 34.5 Å². The van der Waals surface area contributed by atoms with Crippen LogP contribution in [0.15, 0.2) is 11.6 Å². The number of Topliss-reactive ketones (excluding diaryl/α,β-unsaturated/α-hetero) is 1. The van der Waals surface area contributed by atoms with Gasteiger partial charge in [-0.3, -0.25) is 4.79 Å². The summed E-state index contributed by atoms with van der Waals surface area (Å²) in [5.41, 5.74) is 1.30. The summed E-state index contributed by atoms with van der Waals surface area (Å²) in [6.07, 6.45) is 10.6. The molecule has 4 rings (SSSR count). The number of hydrogen-bond donors (Lipinski definition) is 0. The van der Waals surface area contributed by atoms with Gasteiger partial charge in [0, 0.05) is 13.0 Å². The standard InChI is InChI=1S/C28H46O4Si/c1-18(17-29)21-11-12-22-19(10-9-13-27(21,22)5)14-24(31-6)28-16-20(28)15-23(25(28)30)32-33(7,8)26(2,3)4/h14,17-18,20-24H,9-13,15-16H2,1-8H3/b19-14+/t18-,20-,21-,22+,23+,24-,27-,28+/m1/s1. The first-order chi connectivity index (χ1) is 15.3. The van der Waals surface area contributed by atoms with E-state index in [-0.39, 0.29) is 34.0 Å². The first kappa shape index (κ1) is 25.3. The molecule has 4 nitrogen and oxygen atoms in total. The Balaban J connectivity index is 1.55. The summed E-state index contributed by atoms with van der Waals surface area (Å²) in [6, 6.07) is 0. The lowest BCUT2D eigenvalue weighted by Crippen LogP contribution is -2.47. The minimum absolute atomic E-state index is 0.0973. The van der Waals surface area contributed by atoms with Crippen LogP contribution >= 0.6 is 0 Å². The molecular formula is C28H46O4Si. The zero-order valence-corrected chi connectivity index (χ0v) is 23.2. The molecule has 0 aromatic heterocycles. The van der Waals surface area contributed by atoms with E-state index >= 15 is 0 Å². The third kappa shape index (κ3) is 3.94. The van der Waals surface area contributed by atoms with Crippen molar-refractivity contribution in [1.82, 2.24) is 0 Å². The summed E-state index contributed by atoms with van der Waals surface area (Å²) < 4.78 is 12.7. The Kier molecular flexibility index (Phi) is 6.45. The number of hydrogen-bond acceptors (Lipinski definition) is 4. The van der Waals surface area contributed by atoms with E-state index < -0.39 is 8.32 Å². The number of carbonyl (C=O) groups excluding carboxylic acids is 2. The molecular weight excluding hydrogens is 428 g/mol. The second-order valence-electron chi connectivity index (χ2n) is 13.4. The highest BCUT2D eigenvalue weighted by Crippen LogP contribution is 2.66. The Labute approximate surface area is 202 Å². The molecule has 0 amide bonds. The van der Waals surface area contributed by atoms with Crippen molar-refractivity contribution in [3.8, 4) is 0 Å². The van der Waals surface area contributed by atoms with Crippen molar-refractivity contribution >= 4 is 20.4 Å². The molecule has 8 atom stereocenters. The van der Waals surface area contributed by atoms with E-state index in [0.717, 1.165) is 38.4 Å². The Morgan fingerprint density at radius 3 is 2.52 bits per heavy atom. The van der Waals surface area contributed by atoms with Crippen molar-refractivity contribution in [2.45, 2.75) is 110 Å². The lowest BCUT2D eigenvalue weighted by Gasteiger charge is -2.44. The first-order valence-corrected chi connectivity index (χ1v) is 16.1. The third-order valence-corrected chi connectivity index (χ3v) is 15.1. The van der Waals surface area contributed by atoms with Gasteiger partial charge in [0.05, 0.1) is 11.5 Å². The summed E-state index contributed by atoms with van der Waals surface area (Å²) >= 11 is 0. The maximum atomic E-state index is 13.7. The predicted octanol–water partition coefficient (Wildman–Crippen LogP) is 6.35. The molecule has 33 heavy (non-hydrogen) atoms. The monoisotopic (exact) mass is 474 g/mol. The molecule has 0 bridgehead atoms. The van der Waals surface area contributed by atoms with Crippen LogP contribution in [0.1, 0.15) is 79.6 Å². The quantitative estimate of drug-likeness (QED) is 0.245. The molecule has 5 heteroatoms. The number of aldehydes is 1. The molecule has 0 N–H and O–H groups in total. The molecule has 4 aliphatic carbocycles. The minimum Gasteiger partial charge on any atom is -0.407 e. The van der Waals surface area contributed by atoms with Crippen molar-refractivity contribution < 1.29 is 18.8 Å². The van der Waals surface area contributed by atoms with Gasteiger partial charge < -0.3 is 14.0 Å². The van der Waals surface area contributed by atoms with E-state index in [1.54, 1.807) is 7.11 Å². The van der Waals surface area contributed by atoms with Crippen LogP contribution in [0, 0.1) is 34.5 Å². The van der Waals surface area contributed by atoms with Crippen LogP contribution in [0.5, 0.6) is 0 Å². The second kappa shape index (κ2) is 8.41. The fourth-order valence-electron chi connectivity index (χ4n) is 7.59. The van der Waals surface area contributed by atoms with Gasteiger partial charge in [-0.1, -0.05) is 46.3 Å². The van der Waals surface area contributed by atoms with Gasteiger partial charge in [0.15, 0.2) is 14.1 Å². The largest absolute Gasteiger partial charge is 0.407 e. The summed E-state index contributed by atoms with van der Waals surface area (Å²) in [5, 5.41) is 0.0973. The number of fused-ring (bicyclic) bond motifs is 2. The lowest BCUT2D eigenvalue weighted by molar-refractivity contribution is -0.132. The molecule has 0 unspecified atom stereocenters. The van der Waals surface area contributed by atoms with Crippen LogP contribution in [0.2, 0.25) is 18.1 Å². The third-order valence-electron chi connectivity index (χ3n) is 10.7. The van der Waals surface area contributed by atoms with Crippen molar-refractivity contribution in [3.63, 3.8) is 0 Å². The highest BCUT2D eigenvalue weighted by Gasteiger charge is 2.71. The Morgan fingerprint density at radius 2 is 1.91 bits per heavy atom. The zero-order chi connectivity index (χ0) is 24.4. The first-order valence-electron chi connectivity index (χ1n) is 13.2. The van der Waals surface area contributed by atoms with Crippen molar-refractivity contribution in [1.29, 1.82) is 0 Å². The Bertz CT molecular complexity index is 826. The number of carbonyl (C=O) groups is 2. The van der Waals surface area contributed by atoms with Crippen LogP contribution < -0.4 is 0 Å². The zero-order valence-electron chi connectivity index (χ0n) is 22.2. The van der Waals surface area contributed by atoms with E-state index in [2.05, 4.69) is 53.8 Å². The van der Waals surface area contributed by atoms with Crippen molar-refractivity contribution in [3.05, 3.63) is 11.6 Å². The summed E-state index contributed by atoms with van der Waals surface area (Å²) in [5.74, 6) is 1.78. The molecule has 186 valence electrons. The predicted molar refractivity (Wildman–Crippen MR) is 135 cm³/mol. The number of ketones is 1. The number of rotatable bonds is 7. The fraction of sp³-hybridized carbons (Fsp3) is 0.857. The topological polar surface area (TPSA) is 52.6 Å².